The largest absolute Gasteiger partial charge is 0.333 e. The van der Waals surface area contributed by atoms with E-state index in [0.717, 1.165) is 22.3 Å². The number of imide groups is 1. The normalized spacial score (nSPS) is 18.6. The minimum Gasteiger partial charge on any atom is -0.330 e. The Bertz CT molecular complexity index is 1150. The SMILES string of the molecule is [N-]=[N+]=NCc1ccc(/C=C2\CC(CC(=O)ON3C(=O)CCC3=O)c3cc(F)ccc32)cc1. The van der Waals surface area contributed by atoms with Crippen molar-refractivity contribution in [2.75, 3.05) is 0 Å². The summed E-state index contributed by atoms with van der Waals surface area (Å²) >= 11 is 0. The van der Waals surface area contributed by atoms with Crippen LogP contribution in [0.2, 0.25) is 0 Å². The number of hydroxylamine groups is 2. The molecule has 0 saturated carbocycles. The van der Waals surface area contributed by atoms with Crippen LogP contribution in [0.5, 0.6) is 0 Å². The fourth-order valence-corrected chi connectivity index (χ4v) is 4.00. The molecule has 0 spiro atoms. The summed E-state index contributed by atoms with van der Waals surface area (Å²) in [5.74, 6) is -2.53. The number of amides is 2. The Kier molecular flexibility index (Phi) is 6.00. The minimum absolute atomic E-state index is 0.0259. The van der Waals surface area contributed by atoms with Crippen molar-refractivity contribution in [3.63, 3.8) is 0 Å². The van der Waals surface area contributed by atoms with Crippen molar-refractivity contribution in [2.24, 2.45) is 5.11 Å². The van der Waals surface area contributed by atoms with Crippen molar-refractivity contribution >= 4 is 29.4 Å². The Labute approximate surface area is 182 Å². The summed E-state index contributed by atoms with van der Waals surface area (Å²) in [4.78, 5) is 43.5. The Balaban J connectivity index is 1.53. The first-order valence-corrected chi connectivity index (χ1v) is 10.1. The number of benzene rings is 2. The first kappa shape index (κ1) is 21.3. The standard InChI is InChI=1S/C23H19FN4O4/c24-18-5-6-19-16(9-14-1-3-15(4-2-14)13-26-27-25)10-17(20(19)12-18)11-23(31)32-28-21(29)7-8-22(28)30/h1-6,9,12,17H,7-8,10-11,13H2/b16-9+. The third-order valence-corrected chi connectivity index (χ3v) is 5.51. The van der Waals surface area contributed by atoms with E-state index in [1.807, 2.05) is 30.3 Å². The van der Waals surface area contributed by atoms with Crippen molar-refractivity contribution in [3.8, 4) is 0 Å². The average Bonchev–Trinajstić information content (AvgIpc) is 3.27. The van der Waals surface area contributed by atoms with Gasteiger partial charge in [0.15, 0.2) is 0 Å². The molecule has 2 aromatic rings. The molecule has 9 heteroatoms. The lowest BCUT2D eigenvalue weighted by Gasteiger charge is -2.15. The lowest BCUT2D eigenvalue weighted by Crippen LogP contribution is -2.32. The number of halogens is 1. The fourth-order valence-electron chi connectivity index (χ4n) is 4.00. The van der Waals surface area contributed by atoms with Crippen LogP contribution in [0, 0.1) is 5.82 Å². The molecule has 162 valence electrons. The lowest BCUT2D eigenvalue weighted by molar-refractivity contribution is -0.197. The van der Waals surface area contributed by atoms with Gasteiger partial charge in [0.2, 0.25) is 0 Å². The van der Waals surface area contributed by atoms with Crippen LogP contribution in [0.15, 0.2) is 47.6 Å². The van der Waals surface area contributed by atoms with Crippen LogP contribution in [0.25, 0.3) is 22.1 Å². The number of rotatable bonds is 6. The fraction of sp³-hybridized carbons (Fsp3) is 0.261. The van der Waals surface area contributed by atoms with E-state index in [9.17, 15) is 18.8 Å². The number of carbonyl (C=O) groups excluding carboxylic acids is 3. The maximum atomic E-state index is 13.9. The van der Waals surface area contributed by atoms with Gasteiger partial charge in [-0.2, -0.15) is 0 Å². The van der Waals surface area contributed by atoms with Gasteiger partial charge in [-0.05, 0) is 57.8 Å². The van der Waals surface area contributed by atoms with Crippen molar-refractivity contribution in [1.29, 1.82) is 0 Å². The number of hydrogen-bond acceptors (Lipinski definition) is 5. The maximum absolute atomic E-state index is 13.9. The molecule has 2 aromatic carbocycles. The smallest absolute Gasteiger partial charge is 0.330 e. The highest BCUT2D eigenvalue weighted by Gasteiger charge is 2.35. The predicted octanol–water partition coefficient (Wildman–Crippen LogP) is 4.66. The van der Waals surface area contributed by atoms with Crippen LogP contribution in [0.3, 0.4) is 0 Å². The highest BCUT2D eigenvalue weighted by atomic mass is 19.1. The van der Waals surface area contributed by atoms with Gasteiger partial charge in [-0.1, -0.05) is 41.5 Å². The maximum Gasteiger partial charge on any atom is 0.333 e. The van der Waals surface area contributed by atoms with Gasteiger partial charge in [0.1, 0.15) is 5.82 Å². The van der Waals surface area contributed by atoms with E-state index in [2.05, 4.69) is 10.0 Å². The first-order chi connectivity index (χ1) is 15.4. The van der Waals surface area contributed by atoms with Crippen LogP contribution in [-0.2, 0) is 25.8 Å². The summed E-state index contributed by atoms with van der Waals surface area (Å²) in [6.07, 6.45) is 2.41. The molecule has 1 atom stereocenters. The summed E-state index contributed by atoms with van der Waals surface area (Å²) in [5, 5.41) is 4.06. The zero-order valence-corrected chi connectivity index (χ0v) is 17.0. The minimum atomic E-state index is -0.711. The molecular weight excluding hydrogens is 415 g/mol. The highest BCUT2D eigenvalue weighted by molar-refractivity contribution is 6.01. The van der Waals surface area contributed by atoms with Gasteiger partial charge < -0.3 is 4.84 Å². The molecule has 1 fully saturated rings. The second-order valence-corrected chi connectivity index (χ2v) is 7.68. The quantitative estimate of drug-likeness (QED) is 0.285. The molecule has 2 aliphatic rings. The van der Waals surface area contributed by atoms with Crippen LogP contribution >= 0.6 is 0 Å². The molecule has 0 aromatic heterocycles. The van der Waals surface area contributed by atoms with Gasteiger partial charge in [0.25, 0.3) is 11.8 Å². The summed E-state index contributed by atoms with van der Waals surface area (Å²) in [6, 6.07) is 12.0. The van der Waals surface area contributed by atoms with Crippen LogP contribution in [0.4, 0.5) is 4.39 Å². The van der Waals surface area contributed by atoms with E-state index >= 15 is 0 Å². The molecule has 8 nitrogen and oxygen atoms in total. The summed E-state index contributed by atoms with van der Waals surface area (Å²) in [7, 11) is 0. The average molecular weight is 434 g/mol. The number of allylic oxidation sites excluding steroid dienone is 1. The van der Waals surface area contributed by atoms with Gasteiger partial charge in [-0.3, -0.25) is 9.59 Å². The molecule has 0 bridgehead atoms. The lowest BCUT2D eigenvalue weighted by atomic mass is 9.98. The third-order valence-electron chi connectivity index (χ3n) is 5.51. The topological polar surface area (TPSA) is 112 Å². The Morgan fingerprint density at radius 1 is 1.19 bits per heavy atom. The third kappa shape index (κ3) is 4.53. The van der Waals surface area contributed by atoms with Crippen molar-refractivity contribution < 1.29 is 23.6 Å². The molecule has 0 N–H and O–H groups in total. The number of fused-ring (bicyclic) bond motifs is 1. The van der Waals surface area contributed by atoms with Gasteiger partial charge in [0, 0.05) is 17.8 Å². The molecule has 1 aliphatic heterocycles. The molecule has 4 rings (SSSR count). The molecule has 2 amide bonds. The molecule has 32 heavy (non-hydrogen) atoms. The van der Waals surface area contributed by atoms with Crippen molar-refractivity contribution in [1.82, 2.24) is 5.06 Å². The van der Waals surface area contributed by atoms with Gasteiger partial charge in [-0.15, -0.1) is 5.06 Å². The van der Waals surface area contributed by atoms with E-state index in [1.165, 1.54) is 12.1 Å². The Morgan fingerprint density at radius 3 is 2.59 bits per heavy atom. The van der Waals surface area contributed by atoms with Crippen LogP contribution < -0.4 is 0 Å². The first-order valence-electron chi connectivity index (χ1n) is 10.1. The van der Waals surface area contributed by atoms with E-state index in [0.29, 0.717) is 17.0 Å². The number of azide groups is 1. The zero-order valence-electron chi connectivity index (χ0n) is 17.0. The molecule has 1 aliphatic carbocycles. The summed E-state index contributed by atoms with van der Waals surface area (Å²) in [5.41, 5.74) is 12.7. The van der Waals surface area contributed by atoms with Crippen LogP contribution in [0.1, 0.15) is 53.9 Å². The number of nitrogens with zero attached hydrogens (tertiary/aromatic N) is 4. The second kappa shape index (κ2) is 9.03. The Morgan fingerprint density at radius 2 is 1.91 bits per heavy atom. The molecule has 1 heterocycles. The highest BCUT2D eigenvalue weighted by Crippen LogP contribution is 2.44. The molecule has 1 unspecified atom stereocenters. The van der Waals surface area contributed by atoms with Gasteiger partial charge in [0.05, 0.1) is 13.0 Å². The van der Waals surface area contributed by atoms with E-state index in [-0.39, 0.29) is 31.7 Å². The second-order valence-electron chi connectivity index (χ2n) is 7.68. The predicted molar refractivity (Wildman–Crippen MR) is 113 cm³/mol. The summed E-state index contributed by atoms with van der Waals surface area (Å²) < 4.78 is 13.9. The number of carbonyl (C=O) groups is 3. The van der Waals surface area contributed by atoms with E-state index < -0.39 is 23.6 Å². The van der Waals surface area contributed by atoms with E-state index in [4.69, 9.17) is 10.4 Å². The van der Waals surface area contributed by atoms with Crippen LogP contribution in [-0.4, -0.2) is 22.8 Å². The number of hydrogen-bond donors (Lipinski definition) is 0. The van der Waals surface area contributed by atoms with Crippen molar-refractivity contribution in [2.45, 2.75) is 38.1 Å². The molecular formula is C23H19FN4O4. The molecule has 1 saturated heterocycles. The Hall–Kier alpha value is -3.97. The van der Waals surface area contributed by atoms with Gasteiger partial charge >= 0.3 is 5.97 Å². The molecule has 0 radical (unpaired) electrons. The van der Waals surface area contributed by atoms with Gasteiger partial charge in [-0.25, -0.2) is 9.18 Å². The summed E-state index contributed by atoms with van der Waals surface area (Å²) in [6.45, 7) is 0.266. The zero-order chi connectivity index (χ0) is 22.7. The monoisotopic (exact) mass is 434 g/mol. The van der Waals surface area contributed by atoms with Crippen molar-refractivity contribution in [3.05, 3.63) is 81.0 Å². The van der Waals surface area contributed by atoms with E-state index in [1.54, 1.807) is 6.07 Å².